The number of rotatable bonds is 4. The van der Waals surface area contributed by atoms with Gasteiger partial charge in [-0.25, -0.2) is 0 Å². The summed E-state index contributed by atoms with van der Waals surface area (Å²) in [4.78, 5) is 11.6. The Bertz CT molecular complexity index is 481. The third kappa shape index (κ3) is 2.41. The van der Waals surface area contributed by atoms with Crippen molar-refractivity contribution in [2.45, 2.75) is 13.0 Å². The highest BCUT2D eigenvalue weighted by atomic mass is 16.4. The van der Waals surface area contributed by atoms with Gasteiger partial charge in [0.05, 0.1) is 13.0 Å². The fraction of sp³-hybridized carbons (Fsp3) is 0.200. The third-order valence-corrected chi connectivity index (χ3v) is 2.01. The maximum absolute atomic E-state index is 10.4. The topological polar surface area (TPSA) is 80.9 Å². The number of nitrogens with zero attached hydrogens (tertiary/aromatic N) is 4. The Morgan fingerprint density at radius 2 is 2.06 bits per heavy atom. The number of carbonyl (C=O) groups is 1. The zero-order valence-electron chi connectivity index (χ0n) is 8.45. The monoisotopic (exact) mass is 218 g/mol. The van der Waals surface area contributed by atoms with Crippen LogP contribution in [0.25, 0.3) is 11.4 Å². The molecule has 1 heterocycles. The van der Waals surface area contributed by atoms with Gasteiger partial charge in [0.25, 0.3) is 0 Å². The van der Waals surface area contributed by atoms with Crippen LogP contribution in [0, 0.1) is 0 Å². The summed E-state index contributed by atoms with van der Waals surface area (Å²) in [5.41, 5.74) is 0.865. The Hall–Kier alpha value is -2.24. The van der Waals surface area contributed by atoms with E-state index in [1.54, 1.807) is 0 Å². The molecule has 1 aromatic heterocycles. The molecule has 1 aromatic carbocycles. The van der Waals surface area contributed by atoms with Crippen LogP contribution in [-0.4, -0.2) is 31.3 Å². The second kappa shape index (κ2) is 4.52. The molecule has 0 fully saturated rings. The lowest BCUT2D eigenvalue weighted by Crippen LogP contribution is -2.07. The van der Waals surface area contributed by atoms with E-state index in [-0.39, 0.29) is 13.0 Å². The Kier molecular flexibility index (Phi) is 2.90. The summed E-state index contributed by atoms with van der Waals surface area (Å²) in [5.74, 6) is -0.371. The molecular weight excluding hydrogens is 208 g/mol. The first-order valence-electron chi connectivity index (χ1n) is 4.81. The van der Waals surface area contributed by atoms with Crippen molar-refractivity contribution in [3.8, 4) is 11.4 Å². The van der Waals surface area contributed by atoms with Gasteiger partial charge in [-0.2, -0.15) is 4.80 Å². The van der Waals surface area contributed by atoms with E-state index >= 15 is 0 Å². The molecule has 0 radical (unpaired) electrons. The molecule has 0 amide bonds. The quantitative estimate of drug-likeness (QED) is 0.821. The second-order valence-electron chi connectivity index (χ2n) is 3.22. The minimum absolute atomic E-state index is 0.00934. The van der Waals surface area contributed by atoms with Crippen molar-refractivity contribution < 1.29 is 9.90 Å². The molecule has 0 aliphatic carbocycles. The Balaban J connectivity index is 2.11. The fourth-order valence-electron chi connectivity index (χ4n) is 1.24. The maximum Gasteiger partial charge on any atom is 0.305 e. The van der Waals surface area contributed by atoms with Crippen molar-refractivity contribution in [2.75, 3.05) is 0 Å². The molecule has 82 valence electrons. The number of hydrogen-bond donors (Lipinski definition) is 1. The zero-order valence-corrected chi connectivity index (χ0v) is 8.45. The van der Waals surface area contributed by atoms with Crippen molar-refractivity contribution in [3.63, 3.8) is 0 Å². The predicted octanol–water partition coefficient (Wildman–Crippen LogP) is 0.815. The molecule has 0 saturated carbocycles. The van der Waals surface area contributed by atoms with Gasteiger partial charge in [0.2, 0.25) is 5.82 Å². The zero-order chi connectivity index (χ0) is 11.4. The molecular formula is C10H10N4O2. The Morgan fingerprint density at radius 3 is 2.75 bits per heavy atom. The second-order valence-corrected chi connectivity index (χ2v) is 3.22. The van der Waals surface area contributed by atoms with Crippen molar-refractivity contribution in [1.82, 2.24) is 20.2 Å². The molecule has 16 heavy (non-hydrogen) atoms. The van der Waals surface area contributed by atoms with Crippen LogP contribution in [0.15, 0.2) is 30.3 Å². The SMILES string of the molecule is O=C(O)CCn1nnc(-c2ccccc2)n1. The molecule has 6 heteroatoms. The first-order chi connectivity index (χ1) is 7.75. The first-order valence-corrected chi connectivity index (χ1v) is 4.81. The van der Waals surface area contributed by atoms with Gasteiger partial charge in [-0.05, 0) is 5.21 Å². The molecule has 0 atom stereocenters. The molecule has 0 bridgehead atoms. The van der Waals surface area contributed by atoms with Gasteiger partial charge < -0.3 is 5.11 Å². The molecule has 0 saturated heterocycles. The molecule has 2 rings (SSSR count). The van der Waals surface area contributed by atoms with Crippen LogP contribution in [0.3, 0.4) is 0 Å². The van der Waals surface area contributed by atoms with Gasteiger partial charge in [0, 0.05) is 5.56 Å². The van der Waals surface area contributed by atoms with E-state index in [1.807, 2.05) is 30.3 Å². The summed E-state index contributed by atoms with van der Waals surface area (Å²) < 4.78 is 0. The molecule has 6 nitrogen and oxygen atoms in total. The first kappa shape index (κ1) is 10.3. The number of benzene rings is 1. The third-order valence-electron chi connectivity index (χ3n) is 2.01. The van der Waals surface area contributed by atoms with Gasteiger partial charge in [-0.3, -0.25) is 4.79 Å². The minimum Gasteiger partial charge on any atom is -0.481 e. The predicted molar refractivity (Wildman–Crippen MR) is 55.5 cm³/mol. The van der Waals surface area contributed by atoms with E-state index in [0.717, 1.165) is 5.56 Å². The average molecular weight is 218 g/mol. The van der Waals surface area contributed by atoms with E-state index < -0.39 is 5.97 Å². The number of hydrogen-bond acceptors (Lipinski definition) is 4. The normalized spacial score (nSPS) is 10.2. The van der Waals surface area contributed by atoms with E-state index in [4.69, 9.17) is 5.11 Å². The highest BCUT2D eigenvalue weighted by Crippen LogP contribution is 2.11. The molecule has 0 unspecified atom stereocenters. The number of aliphatic carboxylic acids is 1. The highest BCUT2D eigenvalue weighted by Gasteiger charge is 2.05. The lowest BCUT2D eigenvalue weighted by atomic mass is 10.2. The molecule has 0 aliphatic rings. The van der Waals surface area contributed by atoms with Crippen LogP contribution in [0.2, 0.25) is 0 Å². The van der Waals surface area contributed by atoms with Crippen LogP contribution in [0.4, 0.5) is 0 Å². The van der Waals surface area contributed by atoms with E-state index in [1.165, 1.54) is 4.80 Å². The number of carboxylic acids is 1. The lowest BCUT2D eigenvalue weighted by Gasteiger charge is -1.93. The summed E-state index contributed by atoms with van der Waals surface area (Å²) in [7, 11) is 0. The van der Waals surface area contributed by atoms with Crippen LogP contribution in [-0.2, 0) is 11.3 Å². The standard InChI is InChI=1S/C10H10N4O2/c15-9(16)6-7-14-12-10(11-13-14)8-4-2-1-3-5-8/h1-5H,6-7H2,(H,15,16). The number of aromatic nitrogens is 4. The number of aryl methyl sites for hydroxylation is 1. The Labute approximate surface area is 91.5 Å². The molecule has 2 aromatic rings. The van der Waals surface area contributed by atoms with Crippen LogP contribution < -0.4 is 0 Å². The largest absolute Gasteiger partial charge is 0.481 e. The minimum atomic E-state index is -0.876. The lowest BCUT2D eigenvalue weighted by molar-refractivity contribution is -0.137. The van der Waals surface area contributed by atoms with Gasteiger partial charge in [-0.15, -0.1) is 10.2 Å². The summed E-state index contributed by atoms with van der Waals surface area (Å²) in [6, 6.07) is 9.41. The number of tetrazole rings is 1. The van der Waals surface area contributed by atoms with Crippen LogP contribution in [0.5, 0.6) is 0 Å². The van der Waals surface area contributed by atoms with Crippen molar-refractivity contribution in [2.24, 2.45) is 0 Å². The van der Waals surface area contributed by atoms with Crippen molar-refractivity contribution in [1.29, 1.82) is 0 Å². The van der Waals surface area contributed by atoms with Crippen molar-refractivity contribution in [3.05, 3.63) is 30.3 Å². The molecule has 0 spiro atoms. The van der Waals surface area contributed by atoms with E-state index in [0.29, 0.717) is 5.82 Å². The molecule has 1 N–H and O–H groups in total. The maximum atomic E-state index is 10.4. The summed E-state index contributed by atoms with van der Waals surface area (Å²) in [6.07, 6.45) is -0.00934. The number of carboxylic acid groups (broad SMARTS) is 1. The van der Waals surface area contributed by atoms with Gasteiger partial charge >= 0.3 is 5.97 Å². The van der Waals surface area contributed by atoms with Gasteiger partial charge in [0.15, 0.2) is 0 Å². The summed E-state index contributed by atoms with van der Waals surface area (Å²) in [5, 5.41) is 20.2. The highest BCUT2D eigenvalue weighted by molar-refractivity contribution is 5.66. The summed E-state index contributed by atoms with van der Waals surface area (Å²) in [6.45, 7) is 0.231. The molecule has 0 aliphatic heterocycles. The van der Waals surface area contributed by atoms with E-state index in [9.17, 15) is 4.79 Å². The smallest absolute Gasteiger partial charge is 0.305 e. The van der Waals surface area contributed by atoms with Crippen LogP contribution in [0.1, 0.15) is 6.42 Å². The Morgan fingerprint density at radius 1 is 1.31 bits per heavy atom. The van der Waals surface area contributed by atoms with Gasteiger partial charge in [-0.1, -0.05) is 30.3 Å². The van der Waals surface area contributed by atoms with Gasteiger partial charge in [0.1, 0.15) is 0 Å². The van der Waals surface area contributed by atoms with Crippen LogP contribution >= 0.6 is 0 Å². The van der Waals surface area contributed by atoms with Crippen molar-refractivity contribution >= 4 is 5.97 Å². The fourth-order valence-corrected chi connectivity index (χ4v) is 1.24. The average Bonchev–Trinajstić information content (AvgIpc) is 2.76. The summed E-state index contributed by atoms with van der Waals surface area (Å²) >= 11 is 0. The van der Waals surface area contributed by atoms with E-state index in [2.05, 4.69) is 15.4 Å².